The number of para-hydroxylation sites is 1. The van der Waals surface area contributed by atoms with Crippen LogP contribution in [0.5, 0.6) is 0 Å². The van der Waals surface area contributed by atoms with Crippen LogP contribution in [-0.2, 0) is 0 Å². The number of halogens is 1. The molecule has 0 unspecified atom stereocenters. The minimum atomic E-state index is -0.281. The van der Waals surface area contributed by atoms with Gasteiger partial charge in [0.15, 0.2) is 0 Å². The van der Waals surface area contributed by atoms with Gasteiger partial charge in [-0.05, 0) is 32.0 Å². The van der Waals surface area contributed by atoms with Gasteiger partial charge in [-0.3, -0.25) is 0 Å². The Morgan fingerprint density at radius 3 is 2.76 bits per heavy atom. The Morgan fingerprint density at radius 1 is 1.29 bits per heavy atom. The van der Waals surface area contributed by atoms with Crippen molar-refractivity contribution in [3.63, 3.8) is 0 Å². The molecule has 6 heteroatoms. The molecule has 0 saturated carbocycles. The van der Waals surface area contributed by atoms with Crippen molar-refractivity contribution in [1.82, 2.24) is 9.97 Å². The van der Waals surface area contributed by atoms with Gasteiger partial charge in [-0.15, -0.1) is 11.3 Å². The molecule has 0 aliphatic carbocycles. The first-order valence-corrected chi connectivity index (χ1v) is 7.47. The number of anilines is 3. The molecule has 3 rings (SSSR count). The summed E-state index contributed by atoms with van der Waals surface area (Å²) in [4.78, 5) is 12.4. The number of rotatable bonds is 3. The van der Waals surface area contributed by atoms with Crippen LogP contribution in [-0.4, -0.2) is 16.5 Å². The summed E-state index contributed by atoms with van der Waals surface area (Å²) in [5, 5.41) is 0.900. The monoisotopic (exact) mass is 302 g/mol. The number of nitrogens with two attached hydrogens (primary N) is 1. The fourth-order valence-corrected chi connectivity index (χ4v) is 3.23. The second-order valence-electron chi connectivity index (χ2n) is 4.68. The lowest BCUT2D eigenvalue weighted by Gasteiger charge is -2.23. The van der Waals surface area contributed by atoms with Gasteiger partial charge in [-0.25, -0.2) is 9.37 Å². The van der Waals surface area contributed by atoms with Gasteiger partial charge >= 0.3 is 0 Å². The van der Waals surface area contributed by atoms with Crippen molar-refractivity contribution < 1.29 is 4.39 Å². The molecule has 4 nitrogen and oxygen atoms in total. The predicted octanol–water partition coefficient (Wildman–Crippen LogP) is 3.88. The van der Waals surface area contributed by atoms with Gasteiger partial charge in [0.2, 0.25) is 5.95 Å². The van der Waals surface area contributed by atoms with E-state index in [0.717, 1.165) is 15.1 Å². The Hall–Kier alpha value is -2.21. The number of aromatic nitrogens is 2. The molecule has 2 heterocycles. The smallest absolute Gasteiger partial charge is 0.223 e. The van der Waals surface area contributed by atoms with E-state index in [4.69, 9.17) is 5.73 Å². The molecule has 0 amide bonds. The molecule has 0 atom stereocenters. The number of benzene rings is 1. The third-order valence-electron chi connectivity index (χ3n) is 3.23. The van der Waals surface area contributed by atoms with Gasteiger partial charge in [-0.1, -0.05) is 12.1 Å². The fourth-order valence-electron chi connectivity index (χ4n) is 2.35. The number of fused-ring (bicyclic) bond motifs is 1. The van der Waals surface area contributed by atoms with Gasteiger partial charge in [-0.2, -0.15) is 4.98 Å². The van der Waals surface area contributed by atoms with E-state index in [0.29, 0.717) is 18.1 Å². The molecule has 0 saturated heterocycles. The van der Waals surface area contributed by atoms with E-state index in [-0.39, 0.29) is 11.8 Å². The van der Waals surface area contributed by atoms with Gasteiger partial charge in [0.25, 0.3) is 0 Å². The summed E-state index contributed by atoms with van der Waals surface area (Å²) in [6, 6.07) is 8.67. The third-order valence-corrected chi connectivity index (χ3v) is 4.17. The van der Waals surface area contributed by atoms with Crippen molar-refractivity contribution in [2.45, 2.75) is 13.8 Å². The molecular weight excluding hydrogens is 287 g/mol. The maximum atomic E-state index is 14.1. The molecule has 1 aromatic carbocycles. The molecule has 0 aliphatic heterocycles. The lowest BCUT2D eigenvalue weighted by molar-refractivity contribution is 0.625. The van der Waals surface area contributed by atoms with Gasteiger partial charge in [0, 0.05) is 11.4 Å². The standard InChI is InChI=1S/C15H15FN4S/c1-3-20(12-7-5-4-6-11(12)16)13-10-8-9(2)21-14(10)19-15(17)18-13/h4-8H,3H2,1-2H3,(H2,17,18,19). The maximum Gasteiger partial charge on any atom is 0.223 e. The first-order valence-electron chi connectivity index (χ1n) is 6.66. The quantitative estimate of drug-likeness (QED) is 0.797. The Balaban J connectivity index is 2.24. The highest BCUT2D eigenvalue weighted by Crippen LogP contribution is 2.35. The van der Waals surface area contributed by atoms with Crippen LogP contribution in [0, 0.1) is 12.7 Å². The normalized spacial score (nSPS) is 11.0. The van der Waals surface area contributed by atoms with Crippen LogP contribution in [0.1, 0.15) is 11.8 Å². The summed E-state index contributed by atoms with van der Waals surface area (Å²) in [6.45, 7) is 4.54. The first-order chi connectivity index (χ1) is 10.1. The molecule has 0 radical (unpaired) electrons. The summed E-state index contributed by atoms with van der Waals surface area (Å²) in [7, 11) is 0. The Labute approximate surface area is 126 Å². The minimum absolute atomic E-state index is 0.203. The van der Waals surface area contributed by atoms with Crippen LogP contribution >= 0.6 is 11.3 Å². The van der Waals surface area contributed by atoms with Crippen molar-refractivity contribution in [1.29, 1.82) is 0 Å². The van der Waals surface area contributed by atoms with E-state index in [1.165, 1.54) is 6.07 Å². The molecule has 0 bridgehead atoms. The zero-order valence-electron chi connectivity index (χ0n) is 11.8. The maximum absolute atomic E-state index is 14.1. The summed E-state index contributed by atoms with van der Waals surface area (Å²) >= 11 is 1.56. The zero-order chi connectivity index (χ0) is 15.0. The summed E-state index contributed by atoms with van der Waals surface area (Å²) in [6.07, 6.45) is 0. The molecule has 2 aromatic heterocycles. The van der Waals surface area contributed by atoms with Crippen LogP contribution in [0.4, 0.5) is 21.8 Å². The highest BCUT2D eigenvalue weighted by molar-refractivity contribution is 7.18. The largest absolute Gasteiger partial charge is 0.368 e. The molecule has 0 spiro atoms. The van der Waals surface area contributed by atoms with Crippen molar-refractivity contribution in [3.05, 3.63) is 41.0 Å². The van der Waals surface area contributed by atoms with E-state index >= 15 is 0 Å². The van der Waals surface area contributed by atoms with Crippen molar-refractivity contribution in [2.24, 2.45) is 0 Å². The van der Waals surface area contributed by atoms with Gasteiger partial charge < -0.3 is 10.6 Å². The lowest BCUT2D eigenvalue weighted by Crippen LogP contribution is -2.19. The second-order valence-corrected chi connectivity index (χ2v) is 5.91. The van der Waals surface area contributed by atoms with Crippen LogP contribution in [0.2, 0.25) is 0 Å². The molecule has 0 fully saturated rings. The van der Waals surface area contributed by atoms with Gasteiger partial charge in [0.05, 0.1) is 11.1 Å². The molecule has 108 valence electrons. The SMILES string of the molecule is CCN(c1ccccc1F)c1nc(N)nc2sc(C)cc12. The van der Waals surface area contributed by atoms with E-state index < -0.39 is 0 Å². The predicted molar refractivity (Wildman–Crippen MR) is 85.6 cm³/mol. The van der Waals surface area contributed by atoms with Crippen molar-refractivity contribution >= 4 is 39.0 Å². The average Bonchev–Trinajstić information content (AvgIpc) is 2.81. The lowest BCUT2D eigenvalue weighted by atomic mass is 10.2. The van der Waals surface area contributed by atoms with Crippen molar-refractivity contribution in [2.75, 3.05) is 17.2 Å². The Morgan fingerprint density at radius 2 is 2.05 bits per heavy atom. The van der Waals surface area contributed by atoms with Crippen LogP contribution in [0.3, 0.4) is 0 Å². The number of thiophene rings is 1. The van der Waals surface area contributed by atoms with Crippen LogP contribution < -0.4 is 10.6 Å². The highest BCUT2D eigenvalue weighted by atomic mass is 32.1. The number of hydrogen-bond acceptors (Lipinski definition) is 5. The number of aryl methyl sites for hydroxylation is 1. The van der Waals surface area contributed by atoms with E-state index in [1.54, 1.807) is 23.5 Å². The average molecular weight is 302 g/mol. The summed E-state index contributed by atoms with van der Waals surface area (Å²) < 4.78 is 14.1. The summed E-state index contributed by atoms with van der Waals surface area (Å²) in [5.41, 5.74) is 6.30. The van der Waals surface area contributed by atoms with E-state index in [1.807, 2.05) is 30.9 Å². The van der Waals surface area contributed by atoms with Gasteiger partial charge in [0.1, 0.15) is 16.5 Å². The molecule has 3 aromatic rings. The number of nitrogen functional groups attached to an aromatic ring is 1. The number of hydrogen-bond donors (Lipinski definition) is 1. The van der Waals surface area contributed by atoms with E-state index in [2.05, 4.69) is 9.97 Å². The fraction of sp³-hybridized carbons (Fsp3) is 0.200. The molecule has 21 heavy (non-hydrogen) atoms. The summed E-state index contributed by atoms with van der Waals surface area (Å²) in [5.74, 6) is 0.570. The topological polar surface area (TPSA) is 55.0 Å². The van der Waals surface area contributed by atoms with Crippen LogP contribution in [0.25, 0.3) is 10.2 Å². The molecular formula is C15H15FN4S. The van der Waals surface area contributed by atoms with E-state index in [9.17, 15) is 4.39 Å². The minimum Gasteiger partial charge on any atom is -0.368 e. The Kier molecular flexibility index (Phi) is 3.47. The first kappa shape index (κ1) is 13.8. The number of nitrogens with zero attached hydrogens (tertiary/aromatic N) is 3. The van der Waals surface area contributed by atoms with Crippen molar-refractivity contribution in [3.8, 4) is 0 Å². The molecule has 2 N–H and O–H groups in total. The third kappa shape index (κ3) is 2.42. The zero-order valence-corrected chi connectivity index (χ0v) is 12.6. The Bertz CT molecular complexity index is 799. The molecule has 0 aliphatic rings. The highest BCUT2D eigenvalue weighted by Gasteiger charge is 2.18. The second kappa shape index (κ2) is 5.29. The van der Waals surface area contributed by atoms with Crippen LogP contribution in [0.15, 0.2) is 30.3 Å².